The lowest BCUT2D eigenvalue weighted by atomic mass is 9.91. The highest BCUT2D eigenvalue weighted by Crippen LogP contribution is 2.42. The molecule has 1 aromatic rings. The first-order chi connectivity index (χ1) is 14.6. The Bertz CT molecular complexity index is 800. The number of alkyl halides is 3. The van der Waals surface area contributed by atoms with Gasteiger partial charge in [0.15, 0.2) is 0 Å². The van der Waals surface area contributed by atoms with E-state index in [2.05, 4.69) is 10.6 Å². The molecular formula is C22H30F3N3O3. The maximum absolute atomic E-state index is 13.1. The number of hydrogen-bond acceptors (Lipinski definition) is 4. The summed E-state index contributed by atoms with van der Waals surface area (Å²) in [6, 6.07) is 4.11. The monoisotopic (exact) mass is 441 g/mol. The van der Waals surface area contributed by atoms with Crippen molar-refractivity contribution in [2.45, 2.75) is 38.5 Å². The Hall–Kier alpha value is -2.13. The SMILES string of the molecule is COCC1C2CNCC2CC1N(C(=O)CNC(=O)c1cccc(C(F)(F)F)c1)C(C)C. The number of halogens is 3. The van der Waals surface area contributed by atoms with Gasteiger partial charge in [-0.1, -0.05) is 6.07 Å². The van der Waals surface area contributed by atoms with Crippen LogP contribution in [0.1, 0.15) is 36.2 Å². The third kappa shape index (κ3) is 5.20. The van der Waals surface area contributed by atoms with Crippen LogP contribution in [0.15, 0.2) is 24.3 Å². The van der Waals surface area contributed by atoms with Crippen LogP contribution in [0.2, 0.25) is 0 Å². The van der Waals surface area contributed by atoms with Crippen LogP contribution in [-0.4, -0.2) is 62.1 Å². The van der Waals surface area contributed by atoms with Crippen LogP contribution < -0.4 is 10.6 Å². The Labute approximate surface area is 180 Å². The molecule has 172 valence electrons. The van der Waals surface area contributed by atoms with Crippen LogP contribution in [0.5, 0.6) is 0 Å². The summed E-state index contributed by atoms with van der Waals surface area (Å²) >= 11 is 0. The molecule has 1 aromatic carbocycles. The summed E-state index contributed by atoms with van der Waals surface area (Å²) in [6.45, 7) is 5.98. The van der Waals surface area contributed by atoms with E-state index in [1.165, 1.54) is 12.1 Å². The number of nitrogens with one attached hydrogen (secondary N) is 2. The molecule has 1 saturated heterocycles. The van der Waals surface area contributed by atoms with Crippen molar-refractivity contribution in [1.82, 2.24) is 15.5 Å². The molecule has 0 aromatic heterocycles. The topological polar surface area (TPSA) is 70.7 Å². The number of carbonyl (C=O) groups excluding carboxylic acids is 2. The number of ether oxygens (including phenoxy) is 1. The van der Waals surface area contributed by atoms with Gasteiger partial charge in [-0.25, -0.2) is 0 Å². The molecule has 2 amide bonds. The zero-order chi connectivity index (χ0) is 22.8. The fraction of sp³-hybridized carbons (Fsp3) is 0.636. The first-order valence-corrected chi connectivity index (χ1v) is 10.6. The number of hydrogen-bond donors (Lipinski definition) is 2. The second-order valence-electron chi connectivity index (χ2n) is 8.66. The summed E-state index contributed by atoms with van der Waals surface area (Å²) in [5, 5.41) is 5.90. The highest BCUT2D eigenvalue weighted by Gasteiger charge is 2.48. The normalized spacial score (nSPS) is 25.5. The van der Waals surface area contributed by atoms with E-state index in [0.717, 1.165) is 31.6 Å². The van der Waals surface area contributed by atoms with E-state index in [0.29, 0.717) is 18.4 Å². The number of amides is 2. The molecule has 1 aliphatic heterocycles. The van der Waals surface area contributed by atoms with Gasteiger partial charge in [0.25, 0.3) is 5.91 Å². The lowest BCUT2D eigenvalue weighted by molar-refractivity contribution is -0.138. The third-order valence-corrected chi connectivity index (χ3v) is 6.39. The van der Waals surface area contributed by atoms with E-state index in [1.54, 1.807) is 7.11 Å². The lowest BCUT2D eigenvalue weighted by Gasteiger charge is -2.37. The van der Waals surface area contributed by atoms with Crippen molar-refractivity contribution < 1.29 is 27.5 Å². The van der Waals surface area contributed by atoms with Gasteiger partial charge in [-0.2, -0.15) is 13.2 Å². The van der Waals surface area contributed by atoms with Crippen LogP contribution in [0.3, 0.4) is 0 Å². The maximum atomic E-state index is 13.1. The zero-order valence-electron chi connectivity index (χ0n) is 18.0. The Balaban J connectivity index is 1.68. The fourth-order valence-electron chi connectivity index (χ4n) is 5.07. The average Bonchev–Trinajstić information content (AvgIpc) is 3.28. The van der Waals surface area contributed by atoms with Crippen LogP contribution >= 0.6 is 0 Å². The van der Waals surface area contributed by atoms with Crippen molar-refractivity contribution in [1.29, 1.82) is 0 Å². The van der Waals surface area contributed by atoms with E-state index < -0.39 is 17.6 Å². The van der Waals surface area contributed by atoms with E-state index in [9.17, 15) is 22.8 Å². The predicted octanol–water partition coefficient (Wildman–Crippen LogP) is 2.54. The van der Waals surface area contributed by atoms with Crippen LogP contribution in [-0.2, 0) is 15.7 Å². The van der Waals surface area contributed by atoms with Crippen molar-refractivity contribution in [2.75, 3.05) is 33.4 Å². The van der Waals surface area contributed by atoms with Gasteiger partial charge < -0.3 is 20.3 Å². The summed E-state index contributed by atoms with van der Waals surface area (Å²) in [4.78, 5) is 27.3. The smallest absolute Gasteiger partial charge is 0.384 e. The van der Waals surface area contributed by atoms with E-state index in [-0.39, 0.29) is 36.0 Å². The quantitative estimate of drug-likeness (QED) is 0.682. The summed E-state index contributed by atoms with van der Waals surface area (Å²) in [5.41, 5.74) is -1.03. The minimum absolute atomic E-state index is 0.00927. The highest BCUT2D eigenvalue weighted by molar-refractivity contribution is 5.96. The Kier molecular flexibility index (Phi) is 7.26. The number of benzene rings is 1. The number of methoxy groups -OCH3 is 1. The Morgan fingerprint density at radius 3 is 2.68 bits per heavy atom. The molecule has 4 atom stereocenters. The van der Waals surface area contributed by atoms with Crippen molar-refractivity contribution in [3.63, 3.8) is 0 Å². The molecule has 0 bridgehead atoms. The molecular weight excluding hydrogens is 411 g/mol. The molecule has 0 spiro atoms. The van der Waals surface area contributed by atoms with Crippen molar-refractivity contribution in [3.05, 3.63) is 35.4 Å². The first-order valence-electron chi connectivity index (χ1n) is 10.6. The number of rotatable bonds is 7. The molecule has 1 heterocycles. The third-order valence-electron chi connectivity index (χ3n) is 6.39. The van der Waals surface area contributed by atoms with Gasteiger partial charge in [0, 0.05) is 30.7 Å². The van der Waals surface area contributed by atoms with E-state index in [1.807, 2.05) is 18.7 Å². The summed E-state index contributed by atoms with van der Waals surface area (Å²) < 4.78 is 44.1. The van der Waals surface area contributed by atoms with Crippen LogP contribution in [0.25, 0.3) is 0 Å². The minimum Gasteiger partial charge on any atom is -0.384 e. The van der Waals surface area contributed by atoms with Gasteiger partial charge >= 0.3 is 6.18 Å². The molecule has 3 rings (SSSR count). The maximum Gasteiger partial charge on any atom is 0.416 e. The van der Waals surface area contributed by atoms with Gasteiger partial charge in [-0.15, -0.1) is 0 Å². The van der Waals surface area contributed by atoms with Crippen LogP contribution in [0.4, 0.5) is 13.2 Å². The van der Waals surface area contributed by atoms with Gasteiger partial charge in [0.1, 0.15) is 0 Å². The van der Waals surface area contributed by atoms with E-state index in [4.69, 9.17) is 4.74 Å². The van der Waals surface area contributed by atoms with Crippen molar-refractivity contribution >= 4 is 11.8 Å². The minimum atomic E-state index is -4.54. The lowest BCUT2D eigenvalue weighted by Crippen LogP contribution is -2.52. The Morgan fingerprint density at radius 2 is 2.03 bits per heavy atom. The summed E-state index contributed by atoms with van der Waals surface area (Å²) in [7, 11) is 1.66. The molecule has 4 unspecified atom stereocenters. The molecule has 1 aliphatic carbocycles. The van der Waals surface area contributed by atoms with Gasteiger partial charge in [-0.3, -0.25) is 9.59 Å². The molecule has 2 fully saturated rings. The highest BCUT2D eigenvalue weighted by atomic mass is 19.4. The molecule has 9 heteroatoms. The summed E-state index contributed by atoms with van der Waals surface area (Å²) in [6.07, 6.45) is -3.66. The zero-order valence-corrected chi connectivity index (χ0v) is 18.0. The standard InChI is InChI=1S/C22H30F3N3O3/c1-13(2)28(19-8-15-9-26-10-17(15)18(19)12-31-3)20(29)11-27-21(30)14-5-4-6-16(7-14)22(23,24)25/h4-7,13,15,17-19,26H,8-12H2,1-3H3,(H,27,30). The van der Waals surface area contributed by atoms with Gasteiger partial charge in [-0.05, 0) is 63.4 Å². The second-order valence-corrected chi connectivity index (χ2v) is 8.66. The number of carbonyl (C=O) groups is 2. The molecule has 0 radical (unpaired) electrons. The fourth-order valence-corrected chi connectivity index (χ4v) is 5.07. The largest absolute Gasteiger partial charge is 0.416 e. The van der Waals surface area contributed by atoms with Crippen molar-refractivity contribution in [2.24, 2.45) is 17.8 Å². The molecule has 31 heavy (non-hydrogen) atoms. The van der Waals surface area contributed by atoms with Gasteiger partial charge in [0.2, 0.25) is 5.91 Å². The molecule has 1 saturated carbocycles. The predicted molar refractivity (Wildman–Crippen MR) is 109 cm³/mol. The molecule has 6 nitrogen and oxygen atoms in total. The van der Waals surface area contributed by atoms with Crippen molar-refractivity contribution in [3.8, 4) is 0 Å². The average molecular weight is 441 g/mol. The van der Waals surface area contributed by atoms with E-state index >= 15 is 0 Å². The molecule has 2 aliphatic rings. The first kappa shape index (κ1) is 23.5. The Morgan fingerprint density at radius 1 is 1.29 bits per heavy atom. The second kappa shape index (κ2) is 9.56. The molecule has 2 N–H and O–H groups in total. The van der Waals surface area contributed by atoms with Gasteiger partial charge in [0.05, 0.1) is 18.7 Å². The number of fused-ring (bicyclic) bond motifs is 1. The summed E-state index contributed by atoms with van der Waals surface area (Å²) in [5.74, 6) is 0.187. The van der Waals surface area contributed by atoms with Crippen LogP contribution in [0, 0.1) is 17.8 Å². The number of nitrogens with zero attached hydrogens (tertiary/aromatic N) is 1.